The van der Waals surface area contributed by atoms with Crippen LogP contribution in [-0.4, -0.2) is 9.97 Å². The highest BCUT2D eigenvalue weighted by molar-refractivity contribution is 5.93. The summed E-state index contributed by atoms with van der Waals surface area (Å²) in [5.74, 6) is 0. The summed E-state index contributed by atoms with van der Waals surface area (Å²) in [7, 11) is 0. The van der Waals surface area contributed by atoms with Gasteiger partial charge in [-0.25, -0.2) is 4.98 Å². The van der Waals surface area contributed by atoms with Crippen LogP contribution in [0.15, 0.2) is 48.7 Å². The number of nitriles is 1. The summed E-state index contributed by atoms with van der Waals surface area (Å²) in [5, 5.41) is 9.80. The summed E-state index contributed by atoms with van der Waals surface area (Å²) in [6.45, 7) is 0. The van der Waals surface area contributed by atoms with Gasteiger partial charge in [0.15, 0.2) is 0 Å². The summed E-state index contributed by atoms with van der Waals surface area (Å²) in [5.41, 5.74) is 4.04. The summed E-state index contributed by atoms with van der Waals surface area (Å²) >= 11 is 0. The van der Waals surface area contributed by atoms with E-state index in [9.17, 15) is 0 Å². The Balaban J connectivity index is 2.21. The molecule has 18 heavy (non-hydrogen) atoms. The molecule has 0 aliphatic carbocycles. The second kappa shape index (κ2) is 4.34. The fourth-order valence-electron chi connectivity index (χ4n) is 2.13. The number of hydrogen-bond donors (Lipinski definition) is 1. The first kappa shape index (κ1) is 10.5. The molecule has 3 aromatic rings. The Kier molecular flexibility index (Phi) is 2.54. The van der Waals surface area contributed by atoms with Gasteiger partial charge in [-0.1, -0.05) is 30.3 Å². The molecule has 3 nitrogen and oxygen atoms in total. The van der Waals surface area contributed by atoms with Crippen molar-refractivity contribution in [3.8, 4) is 17.2 Å². The van der Waals surface area contributed by atoms with Gasteiger partial charge in [0.1, 0.15) is 5.65 Å². The van der Waals surface area contributed by atoms with E-state index in [4.69, 9.17) is 5.26 Å². The SMILES string of the molecule is N#CCc1cc2c(-c3ccccc3)ccnc2[nH]1. The quantitative estimate of drug-likeness (QED) is 0.738. The van der Waals surface area contributed by atoms with Crippen molar-refractivity contribution < 1.29 is 0 Å². The van der Waals surface area contributed by atoms with Gasteiger partial charge in [-0.15, -0.1) is 0 Å². The molecular formula is C15H11N3. The van der Waals surface area contributed by atoms with Crippen molar-refractivity contribution in [2.75, 3.05) is 0 Å². The van der Waals surface area contributed by atoms with Gasteiger partial charge in [0.25, 0.3) is 0 Å². The molecule has 3 rings (SSSR count). The molecule has 1 aromatic carbocycles. The molecule has 0 amide bonds. The van der Waals surface area contributed by atoms with Crippen molar-refractivity contribution in [1.29, 1.82) is 5.26 Å². The van der Waals surface area contributed by atoms with Crippen molar-refractivity contribution >= 4 is 11.0 Å². The Bertz CT molecular complexity index is 720. The smallest absolute Gasteiger partial charge is 0.138 e. The highest BCUT2D eigenvalue weighted by Crippen LogP contribution is 2.27. The Labute approximate surface area is 105 Å². The van der Waals surface area contributed by atoms with Crippen molar-refractivity contribution in [2.45, 2.75) is 6.42 Å². The first-order valence-electron chi connectivity index (χ1n) is 5.77. The lowest BCUT2D eigenvalue weighted by Gasteiger charge is -2.02. The summed E-state index contributed by atoms with van der Waals surface area (Å²) < 4.78 is 0. The van der Waals surface area contributed by atoms with E-state index in [1.807, 2.05) is 30.3 Å². The minimum Gasteiger partial charge on any atom is -0.342 e. The molecule has 0 unspecified atom stereocenters. The van der Waals surface area contributed by atoms with Gasteiger partial charge in [0, 0.05) is 17.3 Å². The van der Waals surface area contributed by atoms with Crippen LogP contribution in [0.3, 0.4) is 0 Å². The number of fused-ring (bicyclic) bond motifs is 1. The van der Waals surface area contributed by atoms with Crippen LogP contribution in [-0.2, 0) is 6.42 Å². The van der Waals surface area contributed by atoms with E-state index in [0.717, 1.165) is 27.9 Å². The van der Waals surface area contributed by atoms with Gasteiger partial charge >= 0.3 is 0 Å². The lowest BCUT2D eigenvalue weighted by molar-refractivity contribution is 1.16. The third-order valence-electron chi connectivity index (χ3n) is 2.94. The standard InChI is InChI=1S/C15H11N3/c16-8-6-12-10-14-13(7-9-17-15(14)18-12)11-4-2-1-3-5-11/h1-5,7,9-10H,6H2,(H,17,18). The fraction of sp³-hybridized carbons (Fsp3) is 0.0667. The molecule has 0 saturated heterocycles. The van der Waals surface area contributed by atoms with Crippen LogP contribution in [0.2, 0.25) is 0 Å². The van der Waals surface area contributed by atoms with Gasteiger partial charge in [-0.2, -0.15) is 5.26 Å². The Morgan fingerprint density at radius 2 is 2.00 bits per heavy atom. The van der Waals surface area contributed by atoms with E-state index < -0.39 is 0 Å². The predicted octanol–water partition coefficient (Wildman–Crippen LogP) is 3.30. The first-order chi connectivity index (χ1) is 8.88. The van der Waals surface area contributed by atoms with Crippen LogP contribution in [0.5, 0.6) is 0 Å². The third-order valence-corrected chi connectivity index (χ3v) is 2.94. The maximum Gasteiger partial charge on any atom is 0.138 e. The Morgan fingerprint density at radius 1 is 1.17 bits per heavy atom. The van der Waals surface area contributed by atoms with E-state index in [1.54, 1.807) is 6.20 Å². The van der Waals surface area contributed by atoms with Gasteiger partial charge in [-0.3, -0.25) is 0 Å². The largest absolute Gasteiger partial charge is 0.342 e. The Hall–Kier alpha value is -2.60. The van der Waals surface area contributed by atoms with Gasteiger partial charge < -0.3 is 4.98 Å². The van der Waals surface area contributed by atoms with E-state index in [2.05, 4.69) is 28.2 Å². The van der Waals surface area contributed by atoms with Crippen LogP contribution in [0, 0.1) is 11.3 Å². The molecule has 0 bridgehead atoms. The highest BCUT2D eigenvalue weighted by Gasteiger charge is 2.07. The number of aromatic nitrogens is 2. The number of H-pyrrole nitrogens is 1. The van der Waals surface area contributed by atoms with E-state index in [1.165, 1.54) is 0 Å². The predicted molar refractivity (Wildman–Crippen MR) is 70.8 cm³/mol. The number of nitrogens with one attached hydrogen (secondary N) is 1. The molecule has 2 aromatic heterocycles. The third kappa shape index (κ3) is 1.74. The van der Waals surface area contributed by atoms with E-state index in [-0.39, 0.29) is 0 Å². The maximum atomic E-state index is 8.74. The number of hydrogen-bond acceptors (Lipinski definition) is 2. The maximum absolute atomic E-state index is 8.74. The number of rotatable bonds is 2. The van der Waals surface area contributed by atoms with Crippen LogP contribution >= 0.6 is 0 Å². The molecule has 0 aliphatic rings. The lowest BCUT2D eigenvalue weighted by atomic mass is 10.0. The van der Waals surface area contributed by atoms with Crippen molar-refractivity contribution in [2.24, 2.45) is 0 Å². The molecule has 0 radical (unpaired) electrons. The van der Waals surface area contributed by atoms with Gasteiger partial charge in [0.2, 0.25) is 0 Å². The molecule has 0 saturated carbocycles. The molecule has 0 fully saturated rings. The second-order valence-electron chi connectivity index (χ2n) is 4.12. The van der Waals surface area contributed by atoms with E-state index >= 15 is 0 Å². The minimum absolute atomic E-state index is 0.380. The molecule has 0 aliphatic heterocycles. The zero-order valence-corrected chi connectivity index (χ0v) is 9.72. The summed E-state index contributed by atoms with van der Waals surface area (Å²) in [6.07, 6.45) is 2.17. The second-order valence-corrected chi connectivity index (χ2v) is 4.12. The van der Waals surface area contributed by atoms with Crippen LogP contribution in [0.4, 0.5) is 0 Å². The Morgan fingerprint density at radius 3 is 2.78 bits per heavy atom. The number of pyridine rings is 1. The lowest BCUT2D eigenvalue weighted by Crippen LogP contribution is -1.81. The van der Waals surface area contributed by atoms with Crippen LogP contribution in [0.25, 0.3) is 22.2 Å². The average Bonchev–Trinajstić information content (AvgIpc) is 2.82. The molecule has 86 valence electrons. The highest BCUT2D eigenvalue weighted by atomic mass is 14.9. The minimum atomic E-state index is 0.380. The van der Waals surface area contributed by atoms with Gasteiger partial charge in [-0.05, 0) is 23.3 Å². The molecule has 0 atom stereocenters. The van der Waals surface area contributed by atoms with Crippen molar-refractivity contribution in [3.63, 3.8) is 0 Å². The number of aromatic amines is 1. The monoisotopic (exact) mass is 233 g/mol. The zero-order chi connectivity index (χ0) is 12.4. The molecular weight excluding hydrogens is 222 g/mol. The molecule has 0 spiro atoms. The first-order valence-corrected chi connectivity index (χ1v) is 5.77. The zero-order valence-electron chi connectivity index (χ0n) is 9.72. The molecule has 1 N–H and O–H groups in total. The van der Waals surface area contributed by atoms with Crippen LogP contribution < -0.4 is 0 Å². The number of nitrogens with zero attached hydrogens (tertiary/aromatic N) is 2. The van der Waals surface area contributed by atoms with Crippen molar-refractivity contribution in [1.82, 2.24) is 9.97 Å². The summed E-state index contributed by atoms with van der Waals surface area (Å²) in [6, 6.07) is 16.3. The normalized spacial score (nSPS) is 10.4. The van der Waals surface area contributed by atoms with Crippen LogP contribution in [0.1, 0.15) is 5.69 Å². The topological polar surface area (TPSA) is 52.5 Å². The van der Waals surface area contributed by atoms with Crippen molar-refractivity contribution in [3.05, 3.63) is 54.4 Å². The van der Waals surface area contributed by atoms with E-state index in [0.29, 0.717) is 6.42 Å². The van der Waals surface area contributed by atoms with Gasteiger partial charge in [0.05, 0.1) is 12.5 Å². The average molecular weight is 233 g/mol. The molecule has 3 heteroatoms. The fourth-order valence-corrected chi connectivity index (χ4v) is 2.13. The summed E-state index contributed by atoms with van der Waals surface area (Å²) in [4.78, 5) is 7.48. The molecule has 2 heterocycles. The number of benzene rings is 1.